The monoisotopic (exact) mass is 338 g/mol. The summed E-state index contributed by atoms with van der Waals surface area (Å²) in [4.78, 5) is 15.7. The summed E-state index contributed by atoms with van der Waals surface area (Å²) in [5.41, 5.74) is 2.97. The van der Waals surface area contributed by atoms with E-state index in [0.29, 0.717) is 11.5 Å². The fourth-order valence-corrected chi connectivity index (χ4v) is 8.03. The topological polar surface area (TPSA) is 41.6 Å². The van der Waals surface area contributed by atoms with Gasteiger partial charge in [0.15, 0.2) is 0 Å². The van der Waals surface area contributed by atoms with Gasteiger partial charge >= 0.3 is 5.97 Å². The summed E-state index contributed by atoms with van der Waals surface area (Å²) < 4.78 is 5.33. The molecule has 2 bridgehead atoms. The van der Waals surface area contributed by atoms with Crippen LogP contribution in [0.2, 0.25) is 0 Å². The van der Waals surface area contributed by atoms with Crippen molar-refractivity contribution in [1.82, 2.24) is 4.90 Å². The maximum atomic E-state index is 12.9. The van der Waals surface area contributed by atoms with Crippen LogP contribution in [0.1, 0.15) is 44.1 Å². The molecule has 1 aromatic carbocycles. The Hall–Kier alpha value is -1.55. The van der Waals surface area contributed by atoms with E-state index >= 15 is 0 Å². The van der Waals surface area contributed by atoms with Crippen LogP contribution in [0.15, 0.2) is 24.3 Å². The number of rotatable bonds is 1. The van der Waals surface area contributed by atoms with E-state index in [0.717, 1.165) is 12.8 Å². The third-order valence-electron chi connectivity index (χ3n) is 8.60. The van der Waals surface area contributed by atoms with Gasteiger partial charge in [0.1, 0.15) is 0 Å². The van der Waals surface area contributed by atoms with E-state index in [-0.39, 0.29) is 22.8 Å². The highest BCUT2D eigenvalue weighted by molar-refractivity contribution is 5.80. The fraction of sp³-hybridized carbons (Fsp3) is 0.667. The number of esters is 1. The molecule has 6 aliphatic rings. The molecule has 25 heavy (non-hydrogen) atoms. The average Bonchev–Trinajstić information content (AvgIpc) is 3.19. The SMILES string of the molecule is COC(=O)[C@@H]1C[C@@]23CCCN4CC[C@]5(c6ccccc6N[C@@]15CC2)[C@@H]43. The van der Waals surface area contributed by atoms with Crippen molar-refractivity contribution in [1.29, 1.82) is 0 Å². The number of anilines is 1. The van der Waals surface area contributed by atoms with Gasteiger partial charge in [-0.2, -0.15) is 0 Å². The lowest BCUT2D eigenvalue weighted by Gasteiger charge is -2.69. The largest absolute Gasteiger partial charge is 0.469 e. The highest BCUT2D eigenvalue weighted by Gasteiger charge is 2.78. The number of para-hydroxylation sites is 1. The first-order chi connectivity index (χ1) is 12.2. The minimum absolute atomic E-state index is 0.00114. The van der Waals surface area contributed by atoms with Crippen LogP contribution in [-0.4, -0.2) is 42.6 Å². The number of carbonyl (C=O) groups is 1. The van der Waals surface area contributed by atoms with Crippen molar-refractivity contribution >= 4 is 11.7 Å². The maximum absolute atomic E-state index is 12.9. The molecule has 7 rings (SSSR count). The van der Waals surface area contributed by atoms with E-state index in [1.807, 2.05) is 0 Å². The van der Waals surface area contributed by atoms with Crippen LogP contribution in [0.4, 0.5) is 5.69 Å². The van der Waals surface area contributed by atoms with E-state index in [4.69, 9.17) is 4.74 Å². The van der Waals surface area contributed by atoms with Crippen molar-refractivity contribution in [2.75, 3.05) is 25.5 Å². The van der Waals surface area contributed by atoms with Gasteiger partial charge in [0, 0.05) is 17.1 Å². The third kappa shape index (κ3) is 1.38. The second-order valence-corrected chi connectivity index (χ2v) is 9.05. The molecule has 4 heteroatoms. The van der Waals surface area contributed by atoms with Gasteiger partial charge in [-0.25, -0.2) is 0 Å². The Bertz CT molecular complexity index is 779. The lowest BCUT2D eigenvalue weighted by molar-refractivity contribution is -0.171. The van der Waals surface area contributed by atoms with E-state index < -0.39 is 0 Å². The highest BCUT2D eigenvalue weighted by atomic mass is 16.5. The van der Waals surface area contributed by atoms with Crippen molar-refractivity contribution in [3.05, 3.63) is 29.8 Å². The molecule has 0 radical (unpaired) electrons. The number of hydrogen-bond donors (Lipinski definition) is 1. The van der Waals surface area contributed by atoms with Gasteiger partial charge in [-0.3, -0.25) is 9.69 Å². The number of carbonyl (C=O) groups excluding carboxylic acids is 1. The zero-order valence-electron chi connectivity index (χ0n) is 14.9. The molecule has 0 amide bonds. The van der Waals surface area contributed by atoms with Gasteiger partial charge in [-0.15, -0.1) is 0 Å². The molecule has 5 fully saturated rings. The summed E-state index contributed by atoms with van der Waals surface area (Å²) in [6.07, 6.45) is 7.10. The molecule has 3 heterocycles. The van der Waals surface area contributed by atoms with Gasteiger partial charge in [0.25, 0.3) is 0 Å². The molecule has 5 atom stereocenters. The smallest absolute Gasteiger partial charge is 0.311 e. The summed E-state index contributed by atoms with van der Waals surface area (Å²) >= 11 is 0. The van der Waals surface area contributed by atoms with Crippen molar-refractivity contribution < 1.29 is 9.53 Å². The van der Waals surface area contributed by atoms with Crippen LogP contribution < -0.4 is 5.32 Å². The Kier molecular flexibility index (Phi) is 2.57. The number of benzene rings is 1. The molecule has 2 saturated heterocycles. The molecule has 3 aliphatic carbocycles. The van der Waals surface area contributed by atoms with E-state index in [1.165, 1.54) is 50.0 Å². The van der Waals surface area contributed by atoms with Gasteiger partial charge < -0.3 is 10.1 Å². The zero-order chi connectivity index (χ0) is 16.9. The predicted octanol–water partition coefficient (Wildman–Crippen LogP) is 2.93. The fourth-order valence-electron chi connectivity index (χ4n) is 8.03. The molecule has 1 N–H and O–H groups in total. The second-order valence-electron chi connectivity index (χ2n) is 9.05. The number of methoxy groups -OCH3 is 1. The Morgan fingerprint density at radius 2 is 2.08 bits per heavy atom. The van der Waals surface area contributed by atoms with Gasteiger partial charge in [0.2, 0.25) is 0 Å². The van der Waals surface area contributed by atoms with Crippen LogP contribution in [0.5, 0.6) is 0 Å². The molecular formula is C21H26N2O2. The number of nitrogens with zero attached hydrogens (tertiary/aromatic N) is 1. The first kappa shape index (κ1) is 14.6. The minimum atomic E-state index is -0.151. The Morgan fingerprint density at radius 3 is 2.96 bits per heavy atom. The number of piperidine rings is 1. The summed E-state index contributed by atoms with van der Waals surface area (Å²) in [5.74, 6) is -0.0193. The van der Waals surface area contributed by atoms with Crippen molar-refractivity contribution in [3.63, 3.8) is 0 Å². The molecule has 3 spiro atoms. The van der Waals surface area contributed by atoms with Gasteiger partial charge in [0.05, 0.1) is 18.6 Å². The van der Waals surface area contributed by atoms with Crippen LogP contribution >= 0.6 is 0 Å². The lowest BCUT2D eigenvalue weighted by atomic mass is 9.39. The van der Waals surface area contributed by atoms with E-state index in [2.05, 4.69) is 34.5 Å². The summed E-state index contributed by atoms with van der Waals surface area (Å²) in [6, 6.07) is 9.45. The van der Waals surface area contributed by atoms with Crippen LogP contribution in [-0.2, 0) is 14.9 Å². The Balaban J connectivity index is 1.65. The van der Waals surface area contributed by atoms with Gasteiger partial charge in [-0.1, -0.05) is 18.2 Å². The number of nitrogens with one attached hydrogen (secondary N) is 1. The van der Waals surface area contributed by atoms with E-state index in [1.54, 1.807) is 7.11 Å². The first-order valence-electron chi connectivity index (χ1n) is 9.87. The molecule has 0 aromatic heterocycles. The van der Waals surface area contributed by atoms with Crippen molar-refractivity contribution in [3.8, 4) is 0 Å². The lowest BCUT2D eigenvalue weighted by Crippen LogP contribution is -2.76. The zero-order valence-corrected chi connectivity index (χ0v) is 14.9. The minimum Gasteiger partial charge on any atom is -0.469 e. The van der Waals surface area contributed by atoms with E-state index in [9.17, 15) is 4.79 Å². The Labute approximate surface area is 148 Å². The van der Waals surface area contributed by atoms with Crippen LogP contribution in [0.25, 0.3) is 0 Å². The Morgan fingerprint density at radius 1 is 1.20 bits per heavy atom. The van der Waals surface area contributed by atoms with Crippen molar-refractivity contribution in [2.45, 2.75) is 55.5 Å². The summed E-state index contributed by atoms with van der Waals surface area (Å²) in [7, 11) is 1.56. The van der Waals surface area contributed by atoms with Crippen molar-refractivity contribution in [2.24, 2.45) is 11.3 Å². The molecule has 4 nitrogen and oxygen atoms in total. The third-order valence-corrected chi connectivity index (χ3v) is 8.60. The normalized spacial score (nSPS) is 46.1. The number of hydrogen-bond acceptors (Lipinski definition) is 4. The second kappa shape index (κ2) is 4.40. The molecule has 1 aromatic rings. The maximum Gasteiger partial charge on any atom is 0.311 e. The summed E-state index contributed by atoms with van der Waals surface area (Å²) in [5, 5.41) is 3.92. The molecule has 3 saturated carbocycles. The average molecular weight is 338 g/mol. The van der Waals surface area contributed by atoms with Gasteiger partial charge in [-0.05, 0) is 68.7 Å². The molecular weight excluding hydrogens is 312 g/mol. The first-order valence-corrected chi connectivity index (χ1v) is 9.87. The molecule has 132 valence electrons. The molecule has 3 aliphatic heterocycles. The number of ether oxygens (including phenoxy) is 1. The highest BCUT2D eigenvalue weighted by Crippen LogP contribution is 2.74. The quantitative estimate of drug-likeness (QED) is 0.800. The summed E-state index contributed by atoms with van der Waals surface area (Å²) in [6.45, 7) is 2.41. The predicted molar refractivity (Wildman–Crippen MR) is 95.5 cm³/mol. The van der Waals surface area contributed by atoms with Crippen LogP contribution in [0, 0.1) is 11.3 Å². The molecule has 0 unspecified atom stereocenters. The van der Waals surface area contributed by atoms with Crippen LogP contribution in [0.3, 0.4) is 0 Å². The standard InChI is InChI=1S/C21H26N2O2/c1-25-17(24)15-13-19-7-4-11-23-12-10-20(18(19)23)14-5-2-3-6-16(14)22-21(15,20)9-8-19/h2-3,5-6,15,18,22H,4,7-13H2,1H3/t15-,18-,19+,20-,21-/m0/s1. The number of fused-ring (bicyclic) bond motifs is 3.